The van der Waals surface area contributed by atoms with Crippen LogP contribution in [0.4, 0.5) is 17.6 Å². The number of fused-ring (bicyclic) bond motifs is 1. The maximum Gasteiger partial charge on any atom is 0.331 e. The third-order valence-corrected chi connectivity index (χ3v) is 3.03. The van der Waals surface area contributed by atoms with Crippen molar-refractivity contribution in [2.75, 3.05) is 0 Å². The summed E-state index contributed by atoms with van der Waals surface area (Å²) in [4.78, 5) is 7.34. The Labute approximate surface area is 117 Å². The number of halogens is 4. The maximum atomic E-state index is 14.3. The maximum absolute atomic E-state index is 14.3. The third-order valence-electron chi connectivity index (χ3n) is 3.03. The highest BCUT2D eigenvalue weighted by Gasteiger charge is 2.37. The van der Waals surface area contributed by atoms with Crippen molar-refractivity contribution in [3.63, 3.8) is 0 Å². The van der Waals surface area contributed by atoms with Crippen LogP contribution < -0.4 is 0 Å². The van der Waals surface area contributed by atoms with E-state index in [2.05, 4.69) is 9.97 Å². The summed E-state index contributed by atoms with van der Waals surface area (Å²) in [5, 5.41) is 0.454. The molecule has 0 saturated heterocycles. The fraction of sp³-hybridized carbons (Fsp3) is 0.0667. The van der Waals surface area contributed by atoms with Gasteiger partial charge < -0.3 is 0 Å². The van der Waals surface area contributed by atoms with Gasteiger partial charge in [0.15, 0.2) is 0 Å². The number of benzene rings is 2. The highest BCUT2D eigenvalue weighted by atomic mass is 19.3. The number of rotatable bonds is 2. The molecule has 1 heterocycles. The Morgan fingerprint density at radius 1 is 0.857 bits per heavy atom. The number of hydrogen-bond donors (Lipinski definition) is 0. The lowest BCUT2D eigenvalue weighted by Crippen LogP contribution is -2.19. The highest BCUT2D eigenvalue weighted by Crippen LogP contribution is 2.33. The molecule has 0 radical (unpaired) electrons. The minimum Gasteiger partial charge on any atom is -0.235 e. The summed E-state index contributed by atoms with van der Waals surface area (Å²) < 4.78 is 54.6. The van der Waals surface area contributed by atoms with Gasteiger partial charge in [0.1, 0.15) is 11.6 Å². The highest BCUT2D eigenvalue weighted by molar-refractivity contribution is 5.77. The lowest BCUT2D eigenvalue weighted by molar-refractivity contribution is 0.0331. The van der Waals surface area contributed by atoms with Crippen LogP contribution in [0.3, 0.4) is 0 Å². The summed E-state index contributed by atoms with van der Waals surface area (Å²) in [5.41, 5.74) is -0.346. The van der Waals surface area contributed by atoms with Crippen LogP contribution in [0.2, 0.25) is 0 Å². The van der Waals surface area contributed by atoms with Gasteiger partial charge in [-0.2, -0.15) is 8.78 Å². The SMILES string of the molecule is Fc1ccc(C(F)(F)c2ncc3ccc(F)cc3n2)cc1. The molecule has 0 saturated carbocycles. The van der Waals surface area contributed by atoms with Gasteiger partial charge in [-0.1, -0.05) is 0 Å². The topological polar surface area (TPSA) is 25.8 Å². The molecule has 3 rings (SSSR count). The van der Waals surface area contributed by atoms with Crippen LogP contribution in [0.1, 0.15) is 11.4 Å². The molecule has 1 aromatic heterocycles. The van der Waals surface area contributed by atoms with Crippen molar-refractivity contribution in [2.24, 2.45) is 0 Å². The summed E-state index contributed by atoms with van der Waals surface area (Å²) in [6, 6.07) is 7.46. The zero-order valence-electron chi connectivity index (χ0n) is 10.5. The molecule has 3 aromatic rings. The Kier molecular flexibility index (Phi) is 3.08. The Morgan fingerprint density at radius 3 is 2.24 bits per heavy atom. The van der Waals surface area contributed by atoms with Crippen molar-refractivity contribution in [1.29, 1.82) is 0 Å². The van der Waals surface area contributed by atoms with E-state index in [1.807, 2.05) is 0 Å². The minimum absolute atomic E-state index is 0.0850. The first-order valence-corrected chi connectivity index (χ1v) is 6.03. The summed E-state index contributed by atoms with van der Waals surface area (Å²) >= 11 is 0. The molecule has 2 aromatic carbocycles. The Bertz CT molecular complexity index is 800. The zero-order chi connectivity index (χ0) is 15.0. The summed E-state index contributed by atoms with van der Waals surface area (Å²) in [6.45, 7) is 0. The molecule has 21 heavy (non-hydrogen) atoms. The number of alkyl halides is 2. The molecule has 0 atom stereocenters. The average Bonchev–Trinajstić information content (AvgIpc) is 2.47. The normalized spacial score (nSPS) is 11.8. The molecule has 0 bridgehead atoms. The molecule has 2 nitrogen and oxygen atoms in total. The van der Waals surface area contributed by atoms with Gasteiger partial charge in [0, 0.05) is 23.2 Å². The minimum atomic E-state index is -3.49. The van der Waals surface area contributed by atoms with Gasteiger partial charge in [0.05, 0.1) is 5.52 Å². The van der Waals surface area contributed by atoms with E-state index >= 15 is 0 Å². The van der Waals surface area contributed by atoms with Crippen molar-refractivity contribution < 1.29 is 17.6 Å². The lowest BCUT2D eigenvalue weighted by atomic mass is 10.1. The predicted molar refractivity (Wildman–Crippen MR) is 68.9 cm³/mol. The molecule has 0 spiro atoms. The van der Waals surface area contributed by atoms with Crippen LogP contribution >= 0.6 is 0 Å². The summed E-state index contributed by atoms with van der Waals surface area (Å²) in [5.74, 6) is -5.44. The molecule has 0 fully saturated rings. The van der Waals surface area contributed by atoms with Gasteiger partial charge in [0.25, 0.3) is 0 Å². The smallest absolute Gasteiger partial charge is 0.235 e. The monoisotopic (exact) mass is 292 g/mol. The van der Waals surface area contributed by atoms with E-state index in [4.69, 9.17) is 0 Å². The second-order valence-electron chi connectivity index (χ2n) is 4.48. The molecule has 106 valence electrons. The largest absolute Gasteiger partial charge is 0.331 e. The molecule has 0 aliphatic heterocycles. The van der Waals surface area contributed by atoms with E-state index in [0.29, 0.717) is 5.39 Å². The third kappa shape index (κ3) is 2.44. The number of hydrogen-bond acceptors (Lipinski definition) is 2. The van der Waals surface area contributed by atoms with Crippen molar-refractivity contribution in [3.05, 3.63) is 71.7 Å². The van der Waals surface area contributed by atoms with Gasteiger partial charge >= 0.3 is 5.92 Å². The zero-order valence-corrected chi connectivity index (χ0v) is 10.5. The van der Waals surface area contributed by atoms with Gasteiger partial charge in [0.2, 0.25) is 5.82 Å². The average molecular weight is 292 g/mol. The molecule has 0 amide bonds. The summed E-state index contributed by atoms with van der Waals surface area (Å²) in [7, 11) is 0. The van der Waals surface area contributed by atoms with Gasteiger partial charge in [-0.05, 0) is 36.4 Å². The second-order valence-corrected chi connectivity index (χ2v) is 4.48. The predicted octanol–water partition coefficient (Wildman–Crippen LogP) is 4.05. The molecule has 0 aliphatic carbocycles. The Balaban J connectivity index is 2.11. The molecule has 0 N–H and O–H groups in total. The van der Waals surface area contributed by atoms with Crippen molar-refractivity contribution in [3.8, 4) is 0 Å². The van der Waals surface area contributed by atoms with E-state index in [1.54, 1.807) is 0 Å². The Morgan fingerprint density at radius 2 is 1.52 bits per heavy atom. The van der Waals surface area contributed by atoms with Crippen LogP contribution in [0.5, 0.6) is 0 Å². The lowest BCUT2D eigenvalue weighted by Gasteiger charge is -2.15. The van der Waals surface area contributed by atoms with Crippen LogP contribution in [-0.2, 0) is 5.92 Å². The van der Waals surface area contributed by atoms with E-state index in [-0.39, 0.29) is 5.52 Å². The molecule has 0 aliphatic rings. The molecule has 0 unspecified atom stereocenters. The second kappa shape index (κ2) is 4.80. The van der Waals surface area contributed by atoms with Crippen LogP contribution in [0, 0.1) is 11.6 Å². The standard InChI is InChI=1S/C15H8F4N2/c16-11-5-2-10(3-6-11)15(18,19)14-20-8-9-1-4-12(17)7-13(9)21-14/h1-8H. The molecular formula is C15H8F4N2. The number of nitrogens with zero attached hydrogens (tertiary/aromatic N) is 2. The van der Waals surface area contributed by atoms with Gasteiger partial charge in [-0.25, -0.2) is 18.7 Å². The van der Waals surface area contributed by atoms with Gasteiger partial charge in [-0.3, -0.25) is 0 Å². The van der Waals surface area contributed by atoms with E-state index in [9.17, 15) is 17.6 Å². The van der Waals surface area contributed by atoms with E-state index < -0.39 is 28.9 Å². The summed E-state index contributed by atoms with van der Waals surface area (Å²) in [6.07, 6.45) is 1.20. The van der Waals surface area contributed by atoms with Crippen molar-refractivity contribution >= 4 is 10.9 Å². The van der Waals surface area contributed by atoms with Crippen molar-refractivity contribution in [2.45, 2.75) is 5.92 Å². The molecular weight excluding hydrogens is 284 g/mol. The first-order chi connectivity index (χ1) is 9.96. The quantitative estimate of drug-likeness (QED) is 0.666. The molecule has 6 heteroatoms. The number of aromatic nitrogens is 2. The van der Waals surface area contributed by atoms with Crippen LogP contribution in [-0.4, -0.2) is 9.97 Å². The van der Waals surface area contributed by atoms with E-state index in [0.717, 1.165) is 30.3 Å². The first kappa shape index (κ1) is 13.5. The fourth-order valence-electron chi connectivity index (χ4n) is 1.94. The van der Waals surface area contributed by atoms with Gasteiger partial charge in [-0.15, -0.1) is 0 Å². The van der Waals surface area contributed by atoms with Crippen LogP contribution in [0.15, 0.2) is 48.7 Å². The van der Waals surface area contributed by atoms with Crippen molar-refractivity contribution in [1.82, 2.24) is 9.97 Å². The Hall–Kier alpha value is -2.50. The van der Waals surface area contributed by atoms with Crippen LogP contribution in [0.25, 0.3) is 10.9 Å². The van der Waals surface area contributed by atoms with E-state index in [1.165, 1.54) is 18.3 Å². The first-order valence-electron chi connectivity index (χ1n) is 6.03. The fourth-order valence-corrected chi connectivity index (χ4v) is 1.94.